The Balaban J connectivity index is 0.000000653. The largest absolute Gasteiger partial charge is 0.744 e. The summed E-state index contributed by atoms with van der Waals surface area (Å²) in [6.45, 7) is 0. The van der Waals surface area contributed by atoms with Gasteiger partial charge in [-0.15, -0.1) is 0 Å². The van der Waals surface area contributed by atoms with Gasteiger partial charge in [-0.3, -0.25) is 0 Å². The van der Waals surface area contributed by atoms with Crippen molar-refractivity contribution in [2.45, 2.75) is 13.5 Å². The van der Waals surface area contributed by atoms with Crippen molar-refractivity contribution in [3.05, 3.63) is 97.1 Å². The van der Waals surface area contributed by atoms with E-state index in [-0.39, 0.29) is 4.90 Å². The Morgan fingerprint density at radius 2 is 1.07 bits per heavy atom. The van der Waals surface area contributed by atoms with Crippen LogP contribution in [0, 0.1) is 0 Å². The lowest BCUT2D eigenvalue weighted by Gasteiger charge is -2.20. The molecule has 0 saturated carbocycles. The third kappa shape index (κ3) is 11.0. The molecule has 5 nitrogen and oxygen atoms in total. The molecule has 0 aromatic heterocycles. The quantitative estimate of drug-likeness (QED) is 0.111. The fourth-order valence-corrected chi connectivity index (χ4v) is 8.02. The van der Waals surface area contributed by atoms with Crippen molar-refractivity contribution < 1.29 is 22.4 Å². The van der Waals surface area contributed by atoms with E-state index in [9.17, 15) is 13.0 Å². The topological polar surface area (TPSA) is 75.7 Å². The first-order valence-corrected chi connectivity index (χ1v) is 17.1. The van der Waals surface area contributed by atoms with Crippen LogP contribution in [-0.4, -0.2) is 35.8 Å². The van der Waals surface area contributed by atoms with Gasteiger partial charge in [-0.1, -0.05) is 124 Å². The molecule has 220 valence electrons. The zero-order valence-electron chi connectivity index (χ0n) is 21.6. The van der Waals surface area contributed by atoms with E-state index in [1.165, 1.54) is 6.07 Å². The van der Waals surface area contributed by atoms with Gasteiger partial charge in [-0.2, -0.15) is 0 Å². The number of alkyl halides is 6. The summed E-state index contributed by atoms with van der Waals surface area (Å²) in [5.74, 6) is 1.28. The second-order valence-corrected chi connectivity index (χ2v) is 15.5. The zero-order valence-corrected chi connectivity index (χ0v) is 28.0. The number of benzene rings is 4. The smallest absolute Gasteiger partial charge is 0.180 e. The normalized spacial score (nSPS) is 11.6. The van der Waals surface area contributed by atoms with Crippen LogP contribution in [0.5, 0.6) is 11.5 Å². The van der Waals surface area contributed by atoms with Crippen LogP contribution in [-0.2, 0) is 10.1 Å². The van der Waals surface area contributed by atoms with Crippen molar-refractivity contribution in [3.63, 3.8) is 0 Å². The summed E-state index contributed by atoms with van der Waals surface area (Å²) < 4.78 is 46.4. The van der Waals surface area contributed by atoms with Crippen LogP contribution in [0.1, 0.15) is 0 Å². The number of rotatable bonds is 7. The predicted octanol–water partition coefficient (Wildman–Crippen LogP) is 7.74. The van der Waals surface area contributed by atoms with E-state index in [2.05, 4.69) is 0 Å². The lowest BCUT2D eigenvalue weighted by molar-refractivity contribution is 0.397. The molecule has 0 saturated heterocycles. The van der Waals surface area contributed by atoms with Crippen LogP contribution < -0.4 is 25.4 Å². The van der Waals surface area contributed by atoms with Crippen LogP contribution in [0.15, 0.2) is 102 Å². The van der Waals surface area contributed by atoms with E-state index in [0.717, 1.165) is 21.7 Å². The molecule has 0 bridgehead atoms. The van der Waals surface area contributed by atoms with E-state index in [4.69, 9.17) is 79.1 Å². The van der Waals surface area contributed by atoms with E-state index in [1.807, 2.05) is 72.8 Å². The molecule has 4 aromatic rings. The molecule has 13 heteroatoms. The highest BCUT2D eigenvalue weighted by Crippen LogP contribution is 2.44. The van der Waals surface area contributed by atoms with Gasteiger partial charge in [-0.25, -0.2) is 8.42 Å². The molecule has 0 aliphatic carbocycles. The summed E-state index contributed by atoms with van der Waals surface area (Å²) >= 11 is 28.8. The molecule has 0 heterocycles. The molecule has 1 atom stereocenters. The van der Waals surface area contributed by atoms with E-state index in [0.29, 0.717) is 16.8 Å². The average molecular weight is 717 g/mol. The molecule has 0 aliphatic heterocycles. The highest BCUT2D eigenvalue weighted by molar-refractivity contribution is 7.88. The third-order valence-corrected chi connectivity index (χ3v) is 9.32. The Bertz CT molecular complexity index is 1460. The first-order valence-electron chi connectivity index (χ1n) is 11.5. The van der Waals surface area contributed by atoms with Gasteiger partial charge in [0.1, 0.15) is 45.5 Å². The number of ether oxygens (including phenoxy) is 2. The highest BCUT2D eigenvalue weighted by Gasteiger charge is 2.33. The molecule has 0 N–H and O–H groups in total. The zero-order chi connectivity index (χ0) is 30.6. The summed E-state index contributed by atoms with van der Waals surface area (Å²) in [6, 6.07) is 29.5. The third-order valence-electron chi connectivity index (χ3n) is 5.38. The fraction of sp³-hybridized carbons (Fsp3) is 0.143. The summed E-state index contributed by atoms with van der Waals surface area (Å²) in [5.41, 5.74) is 1.64. The van der Waals surface area contributed by atoms with Crippen LogP contribution in [0.3, 0.4) is 0 Å². The Kier molecular flexibility index (Phi) is 15.4. The van der Waals surface area contributed by atoms with Crippen LogP contribution in [0.2, 0.25) is 0 Å². The maximum atomic E-state index is 12.2. The van der Waals surface area contributed by atoms with Crippen molar-refractivity contribution in [1.29, 1.82) is 0 Å². The summed E-state index contributed by atoms with van der Waals surface area (Å²) in [6.07, 6.45) is 0. The molecule has 1 unspecified atom stereocenters. The standard InChI is InChI=1S/C26H23O5PS.2CHCl3/c1-30-21-14-10-15-22(31-2)26(21)20-13-6-7-16-23(20)32(19-11-4-3-5-12-19)24-17-8-9-18-25(24)33(27,28)29;2*2-1(3)4/h3-18H,1-2H3,(H,27,28,29);2*1H. The predicted molar refractivity (Wildman–Crippen MR) is 176 cm³/mol. The van der Waals surface area contributed by atoms with Crippen LogP contribution in [0.25, 0.3) is 11.1 Å². The Morgan fingerprint density at radius 3 is 1.56 bits per heavy atom. The molecular weight excluding hydrogens is 692 g/mol. The highest BCUT2D eigenvalue weighted by atomic mass is 35.6. The number of methoxy groups -OCH3 is 2. The van der Waals surface area contributed by atoms with Crippen molar-refractivity contribution >= 4 is 104 Å². The minimum atomic E-state index is -4.67. The number of halogens is 6. The monoisotopic (exact) mass is 714 g/mol. The van der Waals surface area contributed by atoms with E-state index >= 15 is 0 Å². The van der Waals surface area contributed by atoms with Gasteiger partial charge in [0, 0.05) is 5.56 Å². The minimum absolute atomic E-state index is 0.190. The maximum absolute atomic E-state index is 12.2. The summed E-state index contributed by atoms with van der Waals surface area (Å²) in [5, 5.41) is 2.40. The SMILES string of the molecule is COc1cccc(OC)c1-c1ccccc1[PH+](c1ccccc1)c1ccccc1S(=O)(=O)[O-].ClC(Cl)Cl.ClC(Cl)Cl. The molecule has 0 radical (unpaired) electrons. The van der Waals surface area contributed by atoms with Gasteiger partial charge in [0.25, 0.3) is 0 Å². The average Bonchev–Trinajstić information content (AvgIpc) is 2.93. The van der Waals surface area contributed by atoms with Crippen molar-refractivity contribution in [1.82, 2.24) is 0 Å². The molecule has 0 aliphatic rings. The Hall–Kier alpha value is -1.44. The Morgan fingerprint density at radius 1 is 0.634 bits per heavy atom. The second-order valence-electron chi connectivity index (χ2n) is 7.77. The molecule has 4 rings (SSSR count). The molecule has 0 fully saturated rings. The molecule has 4 aromatic carbocycles. The molecule has 41 heavy (non-hydrogen) atoms. The van der Waals surface area contributed by atoms with E-state index in [1.54, 1.807) is 32.4 Å². The van der Waals surface area contributed by atoms with Gasteiger partial charge in [0.15, 0.2) is 8.59 Å². The first-order chi connectivity index (χ1) is 19.4. The van der Waals surface area contributed by atoms with Gasteiger partial charge in [-0.05, 0) is 42.5 Å². The van der Waals surface area contributed by atoms with Gasteiger partial charge in [0.2, 0.25) is 0 Å². The number of hydrogen-bond acceptors (Lipinski definition) is 5. The maximum Gasteiger partial charge on any atom is 0.180 e. The van der Waals surface area contributed by atoms with Crippen molar-refractivity contribution in [3.8, 4) is 22.6 Å². The molecular formula is C28H25Cl6O5PS. The van der Waals surface area contributed by atoms with Gasteiger partial charge >= 0.3 is 0 Å². The van der Waals surface area contributed by atoms with Gasteiger partial charge < -0.3 is 14.0 Å². The molecule has 0 amide bonds. The lowest BCUT2D eigenvalue weighted by Crippen LogP contribution is -2.26. The summed E-state index contributed by atoms with van der Waals surface area (Å²) in [4.78, 5) is -0.190. The van der Waals surface area contributed by atoms with Crippen molar-refractivity contribution in [2.75, 3.05) is 14.2 Å². The molecule has 0 spiro atoms. The minimum Gasteiger partial charge on any atom is -0.744 e. The van der Waals surface area contributed by atoms with Crippen LogP contribution >= 0.6 is 77.5 Å². The fourth-order valence-electron chi connectivity index (χ4n) is 3.99. The lowest BCUT2D eigenvalue weighted by atomic mass is 10.0. The number of hydrogen-bond donors (Lipinski definition) is 0. The van der Waals surface area contributed by atoms with Crippen molar-refractivity contribution in [2.24, 2.45) is 0 Å². The van der Waals surface area contributed by atoms with Gasteiger partial charge in [0.05, 0.1) is 24.7 Å². The second kappa shape index (κ2) is 17.6. The van der Waals surface area contributed by atoms with E-state index < -0.39 is 26.6 Å². The Labute approximate surface area is 271 Å². The van der Waals surface area contributed by atoms with Crippen LogP contribution in [0.4, 0.5) is 0 Å². The first kappa shape index (κ1) is 35.8. The summed E-state index contributed by atoms with van der Waals surface area (Å²) in [7, 11) is -3.38.